The molecule has 2 aromatic carbocycles. The Kier molecular flexibility index (Phi) is 6.95. The molecule has 7 heteroatoms. The Balaban J connectivity index is 1.52. The Labute approximate surface area is 193 Å². The lowest BCUT2D eigenvalue weighted by atomic mass is 9.88. The number of allylic oxidation sites excluding steroid dienone is 1. The first kappa shape index (κ1) is 22.1. The van der Waals surface area contributed by atoms with Gasteiger partial charge in [0, 0.05) is 6.54 Å². The van der Waals surface area contributed by atoms with Crippen LogP contribution in [0.15, 0.2) is 66.3 Å². The van der Waals surface area contributed by atoms with Gasteiger partial charge in [-0.15, -0.1) is 16.8 Å². The highest BCUT2D eigenvalue weighted by atomic mass is 32.2. The van der Waals surface area contributed by atoms with E-state index in [1.54, 1.807) is 13.2 Å². The van der Waals surface area contributed by atoms with Crippen molar-refractivity contribution in [2.24, 2.45) is 0 Å². The van der Waals surface area contributed by atoms with Crippen molar-refractivity contribution in [1.29, 1.82) is 0 Å². The third kappa shape index (κ3) is 4.58. The predicted octanol–water partition coefficient (Wildman–Crippen LogP) is 4.81. The number of carbonyl (C=O) groups is 1. The Morgan fingerprint density at radius 2 is 2.06 bits per heavy atom. The average Bonchev–Trinajstić information content (AvgIpc) is 3.21. The van der Waals surface area contributed by atoms with Gasteiger partial charge >= 0.3 is 0 Å². The van der Waals surface area contributed by atoms with Gasteiger partial charge in [-0.1, -0.05) is 54.2 Å². The van der Waals surface area contributed by atoms with Crippen molar-refractivity contribution in [3.05, 3.63) is 72.3 Å². The first-order chi connectivity index (χ1) is 15.6. The van der Waals surface area contributed by atoms with Gasteiger partial charge in [-0.25, -0.2) is 0 Å². The number of aryl methyl sites for hydroxylation is 1. The van der Waals surface area contributed by atoms with Gasteiger partial charge in [0.1, 0.15) is 5.75 Å². The van der Waals surface area contributed by atoms with Crippen LogP contribution in [0.2, 0.25) is 0 Å². The smallest absolute Gasteiger partial charge is 0.233 e. The molecule has 0 fully saturated rings. The molecule has 166 valence electrons. The summed E-state index contributed by atoms with van der Waals surface area (Å²) >= 11 is 1.41. The zero-order valence-corrected chi connectivity index (χ0v) is 19.3. The summed E-state index contributed by atoms with van der Waals surface area (Å²) in [5.41, 5.74) is 3.42. The van der Waals surface area contributed by atoms with Crippen LogP contribution in [0.1, 0.15) is 36.9 Å². The largest absolute Gasteiger partial charge is 0.496 e. The van der Waals surface area contributed by atoms with Crippen LogP contribution in [-0.2, 0) is 17.8 Å². The fraction of sp³-hybridized carbons (Fsp3) is 0.320. The first-order valence-corrected chi connectivity index (χ1v) is 11.7. The predicted molar refractivity (Wildman–Crippen MR) is 128 cm³/mol. The van der Waals surface area contributed by atoms with E-state index in [1.165, 1.54) is 22.9 Å². The average molecular weight is 449 g/mol. The van der Waals surface area contributed by atoms with E-state index < -0.39 is 0 Å². The van der Waals surface area contributed by atoms with Gasteiger partial charge in [0.25, 0.3) is 0 Å². The van der Waals surface area contributed by atoms with Gasteiger partial charge in [-0.3, -0.25) is 9.36 Å². The number of fused-ring (bicyclic) bond motifs is 1. The van der Waals surface area contributed by atoms with Crippen molar-refractivity contribution in [2.45, 2.75) is 49.2 Å². The number of carbonyl (C=O) groups excluding carboxylic acids is 1. The summed E-state index contributed by atoms with van der Waals surface area (Å²) in [7, 11) is 1.64. The van der Waals surface area contributed by atoms with E-state index in [0.29, 0.717) is 17.5 Å². The highest BCUT2D eigenvalue weighted by molar-refractivity contribution is 8.00. The lowest BCUT2D eigenvalue weighted by Gasteiger charge is -2.27. The molecule has 0 saturated carbocycles. The second-order valence-electron chi connectivity index (χ2n) is 7.82. The second kappa shape index (κ2) is 10.0. The highest BCUT2D eigenvalue weighted by Gasteiger charge is 2.26. The monoisotopic (exact) mass is 448 g/mol. The Bertz CT molecular complexity index is 1110. The van der Waals surface area contributed by atoms with Crippen LogP contribution in [0.25, 0.3) is 11.4 Å². The third-order valence-electron chi connectivity index (χ3n) is 5.71. The minimum absolute atomic E-state index is 0.00342. The number of ether oxygens (including phenoxy) is 1. The van der Waals surface area contributed by atoms with Gasteiger partial charge < -0.3 is 10.1 Å². The van der Waals surface area contributed by atoms with Crippen LogP contribution >= 0.6 is 11.8 Å². The summed E-state index contributed by atoms with van der Waals surface area (Å²) in [6.45, 7) is 6.31. The van der Waals surface area contributed by atoms with Crippen LogP contribution < -0.4 is 10.1 Å². The van der Waals surface area contributed by atoms with Gasteiger partial charge in [0.2, 0.25) is 5.91 Å². The normalized spacial score (nSPS) is 16.1. The molecule has 1 N–H and O–H groups in total. The molecule has 0 aliphatic heterocycles. The Hall–Kier alpha value is -3.06. The highest BCUT2D eigenvalue weighted by Crippen LogP contribution is 2.33. The van der Waals surface area contributed by atoms with E-state index in [4.69, 9.17) is 4.74 Å². The van der Waals surface area contributed by atoms with E-state index in [-0.39, 0.29) is 17.2 Å². The number of amides is 1. The summed E-state index contributed by atoms with van der Waals surface area (Å²) in [5, 5.41) is 12.4. The first-order valence-electron chi connectivity index (χ1n) is 10.8. The quantitative estimate of drug-likeness (QED) is 0.395. The zero-order chi connectivity index (χ0) is 22.5. The van der Waals surface area contributed by atoms with E-state index in [0.717, 1.165) is 30.6 Å². The van der Waals surface area contributed by atoms with Crippen molar-refractivity contribution in [1.82, 2.24) is 20.1 Å². The lowest BCUT2D eigenvalue weighted by Crippen LogP contribution is -2.36. The van der Waals surface area contributed by atoms with E-state index in [9.17, 15) is 4.79 Å². The summed E-state index contributed by atoms with van der Waals surface area (Å²) in [4.78, 5) is 13.0. The number of hydrogen-bond donors (Lipinski definition) is 1. The molecule has 3 aromatic rings. The van der Waals surface area contributed by atoms with Crippen LogP contribution in [0, 0.1) is 0 Å². The van der Waals surface area contributed by atoms with Crippen LogP contribution in [-0.4, -0.2) is 33.0 Å². The summed E-state index contributed by atoms with van der Waals surface area (Å²) in [6.07, 6.45) is 4.92. The molecule has 0 saturated heterocycles. The molecule has 1 aliphatic carbocycles. The van der Waals surface area contributed by atoms with Gasteiger partial charge in [0.05, 0.1) is 24.0 Å². The maximum Gasteiger partial charge on any atom is 0.233 e. The molecule has 2 atom stereocenters. The van der Waals surface area contributed by atoms with Crippen LogP contribution in [0.3, 0.4) is 0 Å². The lowest BCUT2D eigenvalue weighted by molar-refractivity contribution is -0.121. The van der Waals surface area contributed by atoms with Crippen molar-refractivity contribution in [2.75, 3.05) is 7.11 Å². The van der Waals surface area contributed by atoms with E-state index >= 15 is 0 Å². The topological polar surface area (TPSA) is 69.0 Å². The molecule has 0 spiro atoms. The maximum atomic E-state index is 13.0. The Morgan fingerprint density at radius 1 is 1.28 bits per heavy atom. The molecule has 1 aliphatic rings. The number of para-hydroxylation sites is 1. The van der Waals surface area contributed by atoms with Gasteiger partial charge in [-0.2, -0.15) is 0 Å². The van der Waals surface area contributed by atoms with Crippen molar-refractivity contribution < 1.29 is 9.53 Å². The number of hydrogen-bond acceptors (Lipinski definition) is 5. The summed E-state index contributed by atoms with van der Waals surface area (Å²) in [5.74, 6) is 1.42. The molecule has 32 heavy (non-hydrogen) atoms. The van der Waals surface area contributed by atoms with Crippen LogP contribution in [0.4, 0.5) is 0 Å². The number of aromatic nitrogens is 3. The zero-order valence-electron chi connectivity index (χ0n) is 18.5. The van der Waals surface area contributed by atoms with E-state index in [2.05, 4.69) is 40.3 Å². The number of nitrogens with one attached hydrogen (secondary N) is 1. The molecule has 0 radical (unpaired) electrons. The van der Waals surface area contributed by atoms with E-state index in [1.807, 2.05) is 41.8 Å². The maximum absolute atomic E-state index is 13.0. The Morgan fingerprint density at radius 3 is 2.88 bits per heavy atom. The fourth-order valence-electron chi connectivity index (χ4n) is 4.10. The standard InChI is InChI=1S/C25H28N4O2S/c1-4-16-29-23(20-13-7-8-15-22(20)31-3)27-28-25(29)32-17(2)24(30)26-21-14-9-11-18-10-5-6-12-19(18)21/h4-8,10,12-13,15,17,21H,1,9,11,14,16H2,2-3H3,(H,26,30)/t17-,21-/m1/s1. The number of rotatable bonds is 8. The molecular formula is C25H28N4O2S. The van der Waals surface area contributed by atoms with Gasteiger partial charge in [0.15, 0.2) is 11.0 Å². The second-order valence-corrected chi connectivity index (χ2v) is 9.13. The molecule has 1 heterocycles. The summed E-state index contributed by atoms with van der Waals surface area (Å²) in [6, 6.07) is 16.1. The van der Waals surface area contributed by atoms with Crippen molar-refractivity contribution in [3.63, 3.8) is 0 Å². The SMILES string of the molecule is C=CCn1c(S[C@H](C)C(=O)N[C@@H]2CCCc3ccccc32)nnc1-c1ccccc1OC. The molecular weight excluding hydrogens is 420 g/mol. The minimum atomic E-state index is -0.317. The molecule has 0 bridgehead atoms. The van der Waals surface area contributed by atoms with Crippen LogP contribution in [0.5, 0.6) is 5.75 Å². The van der Waals surface area contributed by atoms with Crippen molar-refractivity contribution in [3.8, 4) is 17.1 Å². The number of thioether (sulfide) groups is 1. The summed E-state index contributed by atoms with van der Waals surface area (Å²) < 4.78 is 7.46. The number of methoxy groups -OCH3 is 1. The molecule has 4 rings (SSSR count). The molecule has 1 aromatic heterocycles. The minimum Gasteiger partial charge on any atom is -0.496 e. The fourth-order valence-corrected chi connectivity index (χ4v) is 4.97. The number of nitrogens with zero attached hydrogens (tertiary/aromatic N) is 3. The van der Waals surface area contributed by atoms with Gasteiger partial charge in [-0.05, 0) is 49.4 Å². The molecule has 1 amide bonds. The molecule has 0 unspecified atom stereocenters. The molecule has 6 nitrogen and oxygen atoms in total. The number of benzene rings is 2. The van der Waals surface area contributed by atoms with Crippen molar-refractivity contribution >= 4 is 17.7 Å². The third-order valence-corrected chi connectivity index (χ3v) is 6.79.